The van der Waals surface area contributed by atoms with Gasteiger partial charge in [-0.05, 0) is 60.3 Å². The minimum atomic E-state index is -0.0126. The number of ether oxygens (including phenoxy) is 1. The zero-order valence-corrected chi connectivity index (χ0v) is 13.9. The molecule has 1 aromatic heterocycles. The van der Waals surface area contributed by atoms with Crippen LogP contribution in [0.25, 0.3) is 0 Å². The van der Waals surface area contributed by atoms with Crippen molar-refractivity contribution in [2.24, 2.45) is 0 Å². The lowest BCUT2D eigenvalue weighted by Crippen LogP contribution is -2.43. The molecule has 0 atom stereocenters. The van der Waals surface area contributed by atoms with E-state index in [9.17, 15) is 0 Å². The fourth-order valence-electron chi connectivity index (χ4n) is 1.39. The quantitative estimate of drug-likeness (QED) is 0.869. The summed E-state index contributed by atoms with van der Waals surface area (Å²) in [7, 11) is 4.11. The molecular weight excluding hydrogens is 250 g/mol. The van der Waals surface area contributed by atoms with Crippen molar-refractivity contribution in [1.82, 2.24) is 15.2 Å². The molecule has 114 valence electrons. The maximum Gasteiger partial charge on any atom is 0.213 e. The van der Waals surface area contributed by atoms with Gasteiger partial charge in [-0.15, -0.1) is 0 Å². The summed E-state index contributed by atoms with van der Waals surface area (Å²) in [4.78, 5) is 6.43. The highest BCUT2D eigenvalue weighted by Gasteiger charge is 2.21. The average molecular weight is 279 g/mol. The minimum Gasteiger partial charge on any atom is -0.476 e. The molecule has 0 aliphatic heterocycles. The van der Waals surface area contributed by atoms with E-state index in [4.69, 9.17) is 4.74 Å². The Kier molecular flexibility index (Phi) is 5.54. The van der Waals surface area contributed by atoms with Gasteiger partial charge in [-0.1, -0.05) is 0 Å². The lowest BCUT2D eigenvalue weighted by Gasteiger charge is -2.31. The van der Waals surface area contributed by atoms with Crippen LogP contribution in [0, 0.1) is 0 Å². The van der Waals surface area contributed by atoms with E-state index in [1.54, 1.807) is 6.20 Å². The second-order valence-electron chi connectivity index (χ2n) is 7.10. The van der Waals surface area contributed by atoms with Gasteiger partial charge in [-0.2, -0.15) is 0 Å². The number of hydrogen-bond donors (Lipinski definition) is 1. The molecule has 0 saturated heterocycles. The van der Waals surface area contributed by atoms with Gasteiger partial charge in [0.2, 0.25) is 5.88 Å². The molecule has 1 aromatic rings. The maximum absolute atomic E-state index is 5.82. The molecule has 1 rings (SSSR count). The zero-order chi connectivity index (χ0) is 15.4. The van der Waals surface area contributed by atoms with E-state index in [1.165, 1.54) is 5.56 Å². The lowest BCUT2D eigenvalue weighted by atomic mass is 10.1. The van der Waals surface area contributed by atoms with Crippen molar-refractivity contribution >= 4 is 0 Å². The Hall–Kier alpha value is -1.13. The number of likely N-dealkylation sites (N-methyl/N-ethyl adjacent to an activating group) is 1. The van der Waals surface area contributed by atoms with Gasteiger partial charge < -0.3 is 15.0 Å². The van der Waals surface area contributed by atoms with Gasteiger partial charge in [0.1, 0.15) is 6.61 Å². The summed E-state index contributed by atoms with van der Waals surface area (Å²) in [6.07, 6.45) is 1.80. The first-order valence-electron chi connectivity index (χ1n) is 7.10. The zero-order valence-electron chi connectivity index (χ0n) is 13.9. The standard InChI is InChI=1S/C16H29N3O/c1-15(2,3)18-11-13-8-9-17-14(10-13)20-12-16(4,5)19(6)7/h8-10,18H,11-12H2,1-7H3. The molecule has 1 N–H and O–H groups in total. The van der Waals surface area contributed by atoms with Gasteiger partial charge in [-0.25, -0.2) is 4.98 Å². The van der Waals surface area contributed by atoms with Crippen LogP contribution >= 0.6 is 0 Å². The second kappa shape index (κ2) is 6.55. The first-order chi connectivity index (χ1) is 9.10. The molecule has 20 heavy (non-hydrogen) atoms. The van der Waals surface area contributed by atoms with Crippen molar-refractivity contribution in [2.45, 2.75) is 52.2 Å². The van der Waals surface area contributed by atoms with E-state index >= 15 is 0 Å². The minimum absolute atomic E-state index is 0.0126. The Morgan fingerprint density at radius 2 is 1.85 bits per heavy atom. The first-order valence-corrected chi connectivity index (χ1v) is 7.10. The fourth-order valence-corrected chi connectivity index (χ4v) is 1.39. The van der Waals surface area contributed by atoms with Gasteiger partial charge in [-0.3, -0.25) is 0 Å². The third kappa shape index (κ3) is 5.88. The highest BCUT2D eigenvalue weighted by molar-refractivity contribution is 5.20. The third-order valence-electron chi connectivity index (χ3n) is 3.41. The van der Waals surface area contributed by atoms with Gasteiger partial charge in [0, 0.05) is 29.9 Å². The number of rotatable bonds is 6. The van der Waals surface area contributed by atoms with E-state index in [0.29, 0.717) is 12.5 Å². The average Bonchev–Trinajstić information content (AvgIpc) is 2.34. The third-order valence-corrected chi connectivity index (χ3v) is 3.41. The molecule has 0 aliphatic rings. The lowest BCUT2D eigenvalue weighted by molar-refractivity contribution is 0.111. The first kappa shape index (κ1) is 16.9. The summed E-state index contributed by atoms with van der Waals surface area (Å²) >= 11 is 0. The fraction of sp³-hybridized carbons (Fsp3) is 0.688. The summed E-state index contributed by atoms with van der Waals surface area (Å²) in [6.45, 7) is 12.2. The molecular formula is C16H29N3O. The second-order valence-corrected chi connectivity index (χ2v) is 7.10. The Labute approximate surface area is 123 Å². The molecule has 0 bridgehead atoms. The monoisotopic (exact) mass is 279 g/mol. The molecule has 1 heterocycles. The molecule has 0 saturated carbocycles. The summed E-state index contributed by atoms with van der Waals surface area (Å²) in [5.41, 5.74) is 1.28. The van der Waals surface area contributed by atoms with E-state index in [0.717, 1.165) is 6.54 Å². The smallest absolute Gasteiger partial charge is 0.213 e. The van der Waals surface area contributed by atoms with Crippen LogP contribution in [-0.2, 0) is 6.54 Å². The van der Waals surface area contributed by atoms with E-state index in [-0.39, 0.29) is 11.1 Å². The van der Waals surface area contributed by atoms with E-state index in [1.807, 2.05) is 12.1 Å². The predicted octanol–water partition coefficient (Wildman–Crippen LogP) is 2.69. The molecule has 4 heteroatoms. The number of nitrogens with one attached hydrogen (secondary N) is 1. The predicted molar refractivity (Wildman–Crippen MR) is 84.1 cm³/mol. The molecule has 0 radical (unpaired) electrons. The Balaban J connectivity index is 2.60. The molecule has 0 fully saturated rings. The highest BCUT2D eigenvalue weighted by atomic mass is 16.5. The normalized spacial score (nSPS) is 12.8. The molecule has 0 amide bonds. The van der Waals surface area contributed by atoms with Crippen molar-refractivity contribution in [2.75, 3.05) is 20.7 Å². The van der Waals surface area contributed by atoms with Gasteiger partial charge in [0.15, 0.2) is 0 Å². The summed E-state index contributed by atoms with van der Waals surface area (Å²) < 4.78 is 5.82. The van der Waals surface area contributed by atoms with Crippen LogP contribution in [0.3, 0.4) is 0 Å². The SMILES string of the molecule is CN(C)C(C)(C)COc1cc(CNC(C)(C)C)ccn1. The van der Waals surface area contributed by atoms with Gasteiger partial charge in [0.05, 0.1) is 0 Å². The van der Waals surface area contributed by atoms with Gasteiger partial charge >= 0.3 is 0 Å². The van der Waals surface area contributed by atoms with Crippen LogP contribution in [0.15, 0.2) is 18.3 Å². The molecule has 0 aliphatic carbocycles. The van der Waals surface area contributed by atoms with Crippen LogP contribution in [-0.4, -0.2) is 41.7 Å². The molecule has 0 unspecified atom stereocenters. The number of nitrogens with zero attached hydrogens (tertiary/aromatic N) is 2. The van der Waals surface area contributed by atoms with Crippen LogP contribution < -0.4 is 10.1 Å². The van der Waals surface area contributed by atoms with E-state index < -0.39 is 0 Å². The number of hydrogen-bond acceptors (Lipinski definition) is 4. The maximum atomic E-state index is 5.82. The number of aromatic nitrogens is 1. The van der Waals surface area contributed by atoms with Gasteiger partial charge in [0.25, 0.3) is 0 Å². The Morgan fingerprint density at radius 3 is 2.40 bits per heavy atom. The van der Waals surface area contributed by atoms with Crippen LogP contribution in [0.2, 0.25) is 0 Å². The van der Waals surface area contributed by atoms with Crippen molar-refractivity contribution in [3.63, 3.8) is 0 Å². The number of pyridine rings is 1. The summed E-state index contributed by atoms with van der Waals surface area (Å²) in [5.74, 6) is 0.688. The van der Waals surface area contributed by atoms with Crippen molar-refractivity contribution in [3.05, 3.63) is 23.9 Å². The summed E-state index contributed by atoms with van der Waals surface area (Å²) in [5, 5.41) is 3.46. The Morgan fingerprint density at radius 1 is 1.20 bits per heavy atom. The highest BCUT2D eigenvalue weighted by Crippen LogP contribution is 2.15. The van der Waals surface area contributed by atoms with Crippen molar-refractivity contribution < 1.29 is 4.74 Å². The largest absolute Gasteiger partial charge is 0.476 e. The topological polar surface area (TPSA) is 37.4 Å². The van der Waals surface area contributed by atoms with Crippen LogP contribution in [0.5, 0.6) is 5.88 Å². The van der Waals surface area contributed by atoms with Crippen molar-refractivity contribution in [1.29, 1.82) is 0 Å². The van der Waals surface area contributed by atoms with Crippen molar-refractivity contribution in [3.8, 4) is 5.88 Å². The van der Waals surface area contributed by atoms with E-state index in [2.05, 4.69) is 63.9 Å². The Bertz CT molecular complexity index is 422. The van der Waals surface area contributed by atoms with Crippen LogP contribution in [0.4, 0.5) is 0 Å². The van der Waals surface area contributed by atoms with Crippen LogP contribution in [0.1, 0.15) is 40.2 Å². The molecule has 4 nitrogen and oxygen atoms in total. The summed E-state index contributed by atoms with van der Waals surface area (Å²) in [6, 6.07) is 4.02. The molecule has 0 aromatic carbocycles. The molecule has 0 spiro atoms.